The fourth-order valence-electron chi connectivity index (χ4n) is 3.85. The standard InChI is InChI=1S/C21H27N3O3/c1-14-18(21(26)27-3)15(2)23-19(14)20(25)22-13-17(24-11-7-8-12-24)16-9-5-4-6-10-16/h4-6,9-10,17,23H,7-8,11-13H2,1-3H3,(H,22,25)/t17-/m1/s1. The van der Waals surface area contributed by atoms with Crippen molar-refractivity contribution in [2.75, 3.05) is 26.7 Å². The number of methoxy groups -OCH3 is 1. The van der Waals surface area contributed by atoms with Crippen LogP contribution in [0.5, 0.6) is 0 Å². The largest absolute Gasteiger partial charge is 0.465 e. The number of hydrogen-bond donors (Lipinski definition) is 2. The minimum absolute atomic E-state index is 0.147. The van der Waals surface area contributed by atoms with Gasteiger partial charge in [0.05, 0.1) is 18.7 Å². The molecule has 0 unspecified atom stereocenters. The molecule has 2 aromatic rings. The summed E-state index contributed by atoms with van der Waals surface area (Å²) < 4.78 is 4.82. The second-order valence-electron chi connectivity index (χ2n) is 7.00. The van der Waals surface area contributed by atoms with Gasteiger partial charge in [0, 0.05) is 12.2 Å². The van der Waals surface area contributed by atoms with Crippen LogP contribution in [0.1, 0.15) is 56.6 Å². The number of aromatic nitrogens is 1. The van der Waals surface area contributed by atoms with Crippen molar-refractivity contribution < 1.29 is 14.3 Å². The SMILES string of the molecule is COC(=O)c1c(C)[nH]c(C(=O)NC[C@H](c2ccccc2)N2CCCC2)c1C. The zero-order chi connectivity index (χ0) is 19.4. The molecule has 1 aromatic carbocycles. The molecule has 1 atom stereocenters. The number of rotatable bonds is 6. The highest BCUT2D eigenvalue weighted by Crippen LogP contribution is 2.25. The molecule has 1 aliphatic heterocycles. The van der Waals surface area contributed by atoms with Crippen LogP contribution in [-0.2, 0) is 4.74 Å². The van der Waals surface area contributed by atoms with Crippen LogP contribution in [0.2, 0.25) is 0 Å². The summed E-state index contributed by atoms with van der Waals surface area (Å²) in [6.07, 6.45) is 2.38. The van der Waals surface area contributed by atoms with Crippen LogP contribution in [-0.4, -0.2) is 48.5 Å². The highest BCUT2D eigenvalue weighted by molar-refractivity contribution is 6.00. The second-order valence-corrected chi connectivity index (χ2v) is 7.00. The molecule has 0 saturated carbocycles. The second kappa shape index (κ2) is 8.39. The third-order valence-corrected chi connectivity index (χ3v) is 5.28. The van der Waals surface area contributed by atoms with Crippen molar-refractivity contribution >= 4 is 11.9 Å². The van der Waals surface area contributed by atoms with Crippen molar-refractivity contribution in [3.8, 4) is 0 Å². The minimum atomic E-state index is -0.431. The zero-order valence-corrected chi connectivity index (χ0v) is 16.2. The van der Waals surface area contributed by atoms with Gasteiger partial charge in [-0.1, -0.05) is 30.3 Å². The van der Waals surface area contributed by atoms with Crippen molar-refractivity contribution in [2.45, 2.75) is 32.7 Å². The number of carbonyl (C=O) groups is 2. The summed E-state index contributed by atoms with van der Waals surface area (Å²) >= 11 is 0. The summed E-state index contributed by atoms with van der Waals surface area (Å²) in [7, 11) is 1.34. The van der Waals surface area contributed by atoms with Gasteiger partial charge < -0.3 is 15.0 Å². The lowest BCUT2D eigenvalue weighted by Gasteiger charge is -2.28. The topological polar surface area (TPSA) is 74.4 Å². The van der Waals surface area contributed by atoms with Crippen molar-refractivity contribution in [2.24, 2.45) is 0 Å². The molecule has 1 aromatic heterocycles. The Balaban J connectivity index is 1.76. The van der Waals surface area contributed by atoms with E-state index in [-0.39, 0.29) is 11.9 Å². The van der Waals surface area contributed by atoms with Gasteiger partial charge in [0.15, 0.2) is 0 Å². The summed E-state index contributed by atoms with van der Waals surface area (Å²) in [5, 5.41) is 3.05. The number of H-pyrrole nitrogens is 1. The Hall–Kier alpha value is -2.60. The predicted octanol–water partition coefficient (Wildman–Crippen LogP) is 2.99. The molecular weight excluding hydrogens is 342 g/mol. The maximum atomic E-state index is 12.8. The summed E-state index contributed by atoms with van der Waals surface area (Å²) in [6.45, 7) is 6.14. The van der Waals surface area contributed by atoms with Crippen LogP contribution >= 0.6 is 0 Å². The van der Waals surface area contributed by atoms with Gasteiger partial charge in [-0.3, -0.25) is 9.69 Å². The Morgan fingerprint density at radius 1 is 1.19 bits per heavy atom. The molecule has 0 spiro atoms. The Bertz CT molecular complexity index is 808. The number of benzene rings is 1. The van der Waals surface area contributed by atoms with Crippen LogP contribution in [0, 0.1) is 13.8 Å². The smallest absolute Gasteiger partial charge is 0.339 e. The van der Waals surface area contributed by atoms with Gasteiger partial charge in [-0.2, -0.15) is 0 Å². The molecule has 6 heteroatoms. The van der Waals surface area contributed by atoms with Gasteiger partial charge in [0.2, 0.25) is 0 Å². The molecule has 144 valence electrons. The van der Waals surface area contributed by atoms with Crippen molar-refractivity contribution in [1.29, 1.82) is 0 Å². The Morgan fingerprint density at radius 3 is 2.48 bits per heavy atom. The van der Waals surface area contributed by atoms with Gasteiger partial charge in [-0.25, -0.2) is 4.79 Å². The van der Waals surface area contributed by atoms with Gasteiger partial charge in [-0.15, -0.1) is 0 Å². The molecule has 3 rings (SSSR count). The van der Waals surface area contributed by atoms with E-state index in [1.54, 1.807) is 13.8 Å². The Labute approximate surface area is 159 Å². The molecule has 1 saturated heterocycles. The van der Waals surface area contributed by atoms with Crippen molar-refractivity contribution in [3.05, 3.63) is 58.4 Å². The summed E-state index contributed by atoms with van der Waals surface area (Å²) in [5.74, 6) is -0.634. The maximum Gasteiger partial charge on any atom is 0.339 e. The van der Waals surface area contributed by atoms with Crippen LogP contribution < -0.4 is 5.32 Å². The molecular formula is C21H27N3O3. The monoisotopic (exact) mass is 369 g/mol. The first-order valence-corrected chi connectivity index (χ1v) is 9.37. The first-order valence-electron chi connectivity index (χ1n) is 9.37. The number of amides is 1. The maximum absolute atomic E-state index is 12.8. The summed E-state index contributed by atoms with van der Waals surface area (Å²) in [6, 6.07) is 10.4. The van der Waals surface area contributed by atoms with E-state index >= 15 is 0 Å². The molecule has 1 fully saturated rings. The number of ether oxygens (including phenoxy) is 1. The molecule has 0 aliphatic carbocycles. The van der Waals surface area contributed by atoms with Gasteiger partial charge >= 0.3 is 5.97 Å². The lowest BCUT2D eigenvalue weighted by Crippen LogP contribution is -2.37. The number of likely N-dealkylation sites (tertiary alicyclic amines) is 1. The van der Waals surface area contributed by atoms with E-state index in [4.69, 9.17) is 4.74 Å². The molecule has 1 aliphatic rings. The lowest BCUT2D eigenvalue weighted by molar-refractivity contribution is 0.0599. The molecule has 0 bridgehead atoms. The molecule has 1 amide bonds. The van der Waals surface area contributed by atoms with E-state index in [2.05, 4.69) is 27.3 Å². The van der Waals surface area contributed by atoms with Crippen LogP contribution in [0.15, 0.2) is 30.3 Å². The Morgan fingerprint density at radius 2 is 1.85 bits per heavy atom. The van der Waals surface area contributed by atoms with Gasteiger partial charge in [0.25, 0.3) is 5.91 Å². The number of esters is 1. The number of aryl methyl sites for hydroxylation is 1. The van der Waals surface area contributed by atoms with E-state index in [0.29, 0.717) is 29.1 Å². The fraction of sp³-hybridized carbons (Fsp3) is 0.429. The quantitative estimate of drug-likeness (QED) is 0.768. The number of nitrogens with zero attached hydrogens (tertiary/aromatic N) is 1. The normalized spacial score (nSPS) is 15.5. The fourth-order valence-corrected chi connectivity index (χ4v) is 3.85. The first-order chi connectivity index (χ1) is 13.0. The number of aromatic amines is 1. The van der Waals surface area contributed by atoms with E-state index < -0.39 is 5.97 Å². The average molecular weight is 369 g/mol. The molecule has 2 N–H and O–H groups in total. The lowest BCUT2D eigenvalue weighted by atomic mass is 10.1. The summed E-state index contributed by atoms with van der Waals surface area (Å²) in [5.41, 5.74) is 3.32. The van der Waals surface area contributed by atoms with Crippen LogP contribution in [0.3, 0.4) is 0 Å². The highest BCUT2D eigenvalue weighted by Gasteiger charge is 2.26. The van der Waals surface area contributed by atoms with E-state index in [9.17, 15) is 9.59 Å². The Kier molecular flexibility index (Phi) is 5.96. The van der Waals surface area contributed by atoms with E-state index in [1.165, 1.54) is 25.5 Å². The molecule has 2 heterocycles. The first kappa shape index (κ1) is 19.2. The van der Waals surface area contributed by atoms with Gasteiger partial charge in [-0.05, 0) is 50.9 Å². The van der Waals surface area contributed by atoms with Crippen LogP contribution in [0.25, 0.3) is 0 Å². The predicted molar refractivity (Wildman–Crippen MR) is 104 cm³/mol. The average Bonchev–Trinajstić information content (AvgIpc) is 3.30. The molecule has 0 radical (unpaired) electrons. The summed E-state index contributed by atoms with van der Waals surface area (Å²) in [4.78, 5) is 30.2. The minimum Gasteiger partial charge on any atom is -0.465 e. The van der Waals surface area contributed by atoms with Crippen molar-refractivity contribution in [3.63, 3.8) is 0 Å². The van der Waals surface area contributed by atoms with Crippen molar-refractivity contribution in [1.82, 2.24) is 15.2 Å². The zero-order valence-electron chi connectivity index (χ0n) is 16.2. The molecule has 27 heavy (non-hydrogen) atoms. The highest BCUT2D eigenvalue weighted by atomic mass is 16.5. The number of hydrogen-bond acceptors (Lipinski definition) is 4. The third kappa shape index (κ3) is 4.06. The van der Waals surface area contributed by atoms with E-state index in [1.807, 2.05) is 18.2 Å². The number of carbonyl (C=O) groups excluding carboxylic acids is 2. The van der Waals surface area contributed by atoms with Crippen LogP contribution in [0.4, 0.5) is 0 Å². The number of nitrogens with one attached hydrogen (secondary N) is 2. The molecule has 6 nitrogen and oxygen atoms in total. The van der Waals surface area contributed by atoms with E-state index in [0.717, 1.165) is 13.1 Å². The third-order valence-electron chi connectivity index (χ3n) is 5.28. The van der Waals surface area contributed by atoms with Gasteiger partial charge in [0.1, 0.15) is 5.69 Å².